The van der Waals surface area contributed by atoms with Gasteiger partial charge >= 0.3 is 5.97 Å². The molecular weight excluding hydrogens is 633 g/mol. The lowest BCUT2D eigenvalue weighted by Gasteiger charge is -2.17. The molecule has 0 atom stereocenters. The van der Waals surface area contributed by atoms with Gasteiger partial charge in [-0.1, -0.05) is 194 Å². The van der Waals surface area contributed by atoms with Crippen molar-refractivity contribution in [3.8, 4) is 17.2 Å². The molecule has 0 saturated heterocycles. The standard InChI is InChI=1S/C46H82O5/c1-5-8-11-14-17-20-23-26-29-32-37-49-43-41-45(51-39-34-31-28-25-22-19-16-13-10-7-3)44(40-42(43)35-36-46(47)48-4)50-38-33-30-27-24-21-18-15-12-9-6-2/h35-36,40-41H,5-34,37-39H2,1-4H3. The maximum atomic E-state index is 12.0. The van der Waals surface area contributed by atoms with Crippen molar-refractivity contribution < 1.29 is 23.7 Å². The topological polar surface area (TPSA) is 54.0 Å². The molecule has 0 N–H and O–H groups in total. The van der Waals surface area contributed by atoms with Crippen LogP contribution in [-0.4, -0.2) is 32.9 Å². The van der Waals surface area contributed by atoms with E-state index in [9.17, 15) is 4.79 Å². The van der Waals surface area contributed by atoms with Crippen molar-refractivity contribution in [3.63, 3.8) is 0 Å². The van der Waals surface area contributed by atoms with Crippen LogP contribution >= 0.6 is 0 Å². The highest BCUT2D eigenvalue weighted by Crippen LogP contribution is 2.37. The van der Waals surface area contributed by atoms with Gasteiger partial charge in [0.05, 0.1) is 26.9 Å². The van der Waals surface area contributed by atoms with Gasteiger partial charge in [-0.3, -0.25) is 0 Å². The first-order valence-electron chi connectivity index (χ1n) is 22.0. The summed E-state index contributed by atoms with van der Waals surface area (Å²) in [5, 5.41) is 0. The largest absolute Gasteiger partial charge is 0.493 e. The lowest BCUT2D eigenvalue weighted by molar-refractivity contribution is -0.134. The van der Waals surface area contributed by atoms with Crippen LogP contribution in [0.2, 0.25) is 0 Å². The molecule has 1 aromatic carbocycles. The summed E-state index contributed by atoms with van der Waals surface area (Å²) < 4.78 is 24.0. The Bertz CT molecular complexity index is 942. The molecule has 5 nitrogen and oxygen atoms in total. The molecule has 0 aliphatic carbocycles. The fourth-order valence-electron chi connectivity index (χ4n) is 6.58. The Kier molecular flexibility index (Phi) is 33.3. The number of hydrogen-bond acceptors (Lipinski definition) is 5. The molecule has 0 aliphatic heterocycles. The molecule has 0 radical (unpaired) electrons. The first-order chi connectivity index (χ1) is 25.2. The summed E-state index contributed by atoms with van der Waals surface area (Å²) in [5.74, 6) is 1.82. The van der Waals surface area contributed by atoms with E-state index in [0.717, 1.165) is 42.1 Å². The van der Waals surface area contributed by atoms with Gasteiger partial charge in [0.1, 0.15) is 5.75 Å². The molecular formula is C46H82O5. The fourth-order valence-corrected chi connectivity index (χ4v) is 6.58. The van der Waals surface area contributed by atoms with E-state index in [1.165, 1.54) is 187 Å². The van der Waals surface area contributed by atoms with Crippen LogP contribution in [-0.2, 0) is 9.53 Å². The lowest BCUT2D eigenvalue weighted by Crippen LogP contribution is -2.05. The second-order valence-electron chi connectivity index (χ2n) is 14.8. The van der Waals surface area contributed by atoms with Crippen LogP contribution in [0.3, 0.4) is 0 Å². The zero-order valence-corrected chi connectivity index (χ0v) is 34.2. The SMILES string of the molecule is CCCCCCCCCCCCOc1cc(OCCCCCCCCCCCC)c(OCCCCCCCCCCCC)cc1C=CC(=O)OC. The monoisotopic (exact) mass is 715 g/mol. The molecule has 0 bridgehead atoms. The molecule has 0 spiro atoms. The van der Waals surface area contributed by atoms with Crippen molar-refractivity contribution >= 4 is 12.0 Å². The van der Waals surface area contributed by atoms with E-state index in [1.54, 1.807) is 6.08 Å². The maximum absolute atomic E-state index is 12.0. The quantitative estimate of drug-likeness (QED) is 0.0388. The first kappa shape index (κ1) is 46.9. The second kappa shape index (κ2) is 36.2. The zero-order valence-electron chi connectivity index (χ0n) is 34.2. The average molecular weight is 715 g/mol. The van der Waals surface area contributed by atoms with Gasteiger partial charge in [0.2, 0.25) is 0 Å². The number of unbranched alkanes of at least 4 members (excludes halogenated alkanes) is 27. The number of carbonyl (C=O) groups excluding carboxylic acids is 1. The number of methoxy groups -OCH3 is 1. The number of carbonyl (C=O) groups is 1. The molecule has 0 aliphatic rings. The van der Waals surface area contributed by atoms with Crippen molar-refractivity contribution in [2.45, 2.75) is 213 Å². The van der Waals surface area contributed by atoms with Crippen LogP contribution in [0, 0.1) is 0 Å². The molecule has 296 valence electrons. The Hall–Kier alpha value is -2.17. The minimum atomic E-state index is -0.384. The van der Waals surface area contributed by atoms with E-state index in [-0.39, 0.29) is 5.97 Å². The minimum absolute atomic E-state index is 0.384. The number of esters is 1. The highest BCUT2D eigenvalue weighted by molar-refractivity contribution is 5.87. The van der Waals surface area contributed by atoms with Gasteiger partial charge in [0.15, 0.2) is 11.5 Å². The van der Waals surface area contributed by atoms with Gasteiger partial charge in [0.25, 0.3) is 0 Å². The van der Waals surface area contributed by atoms with Gasteiger partial charge in [-0.25, -0.2) is 4.79 Å². The Morgan fingerprint density at radius 2 is 0.725 bits per heavy atom. The molecule has 1 rings (SSSR count). The van der Waals surface area contributed by atoms with E-state index in [2.05, 4.69) is 20.8 Å². The Morgan fingerprint density at radius 3 is 1.06 bits per heavy atom. The van der Waals surface area contributed by atoms with Crippen LogP contribution in [0.5, 0.6) is 17.2 Å². The normalized spacial score (nSPS) is 11.4. The van der Waals surface area contributed by atoms with Gasteiger partial charge in [-0.05, 0) is 31.4 Å². The summed E-state index contributed by atoms with van der Waals surface area (Å²) in [5.41, 5.74) is 0.817. The van der Waals surface area contributed by atoms with Crippen molar-refractivity contribution in [2.75, 3.05) is 26.9 Å². The Labute approximate surface area is 316 Å². The molecule has 0 aromatic heterocycles. The van der Waals surface area contributed by atoms with Crippen molar-refractivity contribution in [1.82, 2.24) is 0 Å². The minimum Gasteiger partial charge on any atom is -0.493 e. The van der Waals surface area contributed by atoms with Crippen molar-refractivity contribution in [1.29, 1.82) is 0 Å². The molecule has 0 heterocycles. The maximum Gasteiger partial charge on any atom is 0.330 e. The molecule has 1 aromatic rings. The van der Waals surface area contributed by atoms with Crippen molar-refractivity contribution in [3.05, 3.63) is 23.8 Å². The highest BCUT2D eigenvalue weighted by atomic mass is 16.5. The summed E-state index contributed by atoms with van der Waals surface area (Å²) in [6.07, 6.45) is 42.0. The summed E-state index contributed by atoms with van der Waals surface area (Å²) >= 11 is 0. The van der Waals surface area contributed by atoms with Gasteiger partial charge in [-0.15, -0.1) is 0 Å². The molecule has 0 unspecified atom stereocenters. The van der Waals surface area contributed by atoms with Crippen LogP contribution in [0.4, 0.5) is 0 Å². The Morgan fingerprint density at radius 1 is 0.431 bits per heavy atom. The highest BCUT2D eigenvalue weighted by Gasteiger charge is 2.14. The second-order valence-corrected chi connectivity index (χ2v) is 14.8. The van der Waals surface area contributed by atoms with Crippen LogP contribution in [0.1, 0.15) is 219 Å². The predicted octanol–water partition coefficient (Wildman–Crippen LogP) is 14.8. The summed E-state index contributed by atoms with van der Waals surface area (Å²) in [6.45, 7) is 8.80. The van der Waals surface area contributed by atoms with E-state index in [4.69, 9.17) is 18.9 Å². The number of rotatable bonds is 38. The fraction of sp³-hybridized carbons (Fsp3) is 0.804. The van der Waals surface area contributed by atoms with Gasteiger partial charge < -0.3 is 18.9 Å². The summed E-state index contributed by atoms with van der Waals surface area (Å²) in [6, 6.07) is 3.97. The van der Waals surface area contributed by atoms with Crippen LogP contribution in [0.15, 0.2) is 18.2 Å². The van der Waals surface area contributed by atoms with Crippen LogP contribution in [0.25, 0.3) is 6.08 Å². The smallest absolute Gasteiger partial charge is 0.330 e. The third-order valence-electron chi connectivity index (χ3n) is 9.94. The number of hydrogen-bond donors (Lipinski definition) is 0. The van der Waals surface area contributed by atoms with Crippen LogP contribution < -0.4 is 14.2 Å². The van der Waals surface area contributed by atoms with E-state index in [1.807, 2.05) is 12.1 Å². The molecule has 0 saturated carbocycles. The van der Waals surface area contributed by atoms with E-state index < -0.39 is 0 Å². The van der Waals surface area contributed by atoms with E-state index in [0.29, 0.717) is 19.8 Å². The number of benzene rings is 1. The lowest BCUT2D eigenvalue weighted by atomic mass is 10.1. The van der Waals surface area contributed by atoms with Gasteiger partial charge in [-0.2, -0.15) is 0 Å². The molecule has 0 fully saturated rings. The Balaban J connectivity index is 2.73. The summed E-state index contributed by atoms with van der Waals surface area (Å²) in [4.78, 5) is 12.0. The van der Waals surface area contributed by atoms with E-state index >= 15 is 0 Å². The third kappa shape index (κ3) is 28.1. The molecule has 5 heteroatoms. The predicted molar refractivity (Wildman–Crippen MR) is 220 cm³/mol. The average Bonchev–Trinajstić information content (AvgIpc) is 3.14. The first-order valence-corrected chi connectivity index (χ1v) is 22.0. The third-order valence-corrected chi connectivity index (χ3v) is 9.94. The molecule has 0 amide bonds. The molecule has 51 heavy (non-hydrogen) atoms. The number of ether oxygens (including phenoxy) is 4. The zero-order chi connectivity index (χ0) is 36.9. The summed E-state index contributed by atoms with van der Waals surface area (Å²) in [7, 11) is 1.40. The van der Waals surface area contributed by atoms with Crippen molar-refractivity contribution in [2.24, 2.45) is 0 Å². The van der Waals surface area contributed by atoms with Gasteiger partial charge in [0, 0.05) is 17.7 Å².